The van der Waals surface area contributed by atoms with Crippen molar-refractivity contribution in [3.8, 4) is 5.75 Å². The molecule has 1 saturated heterocycles. The lowest BCUT2D eigenvalue weighted by atomic mass is 10.2. The Kier molecular flexibility index (Phi) is 4.46. The van der Waals surface area contributed by atoms with Crippen LogP contribution in [0, 0.1) is 6.92 Å². The topological polar surface area (TPSA) is 60.2 Å². The summed E-state index contributed by atoms with van der Waals surface area (Å²) in [6, 6.07) is 4.38. The van der Waals surface area contributed by atoms with Gasteiger partial charge in [-0.05, 0) is 25.1 Å². The van der Waals surface area contributed by atoms with Gasteiger partial charge in [-0.2, -0.15) is 5.10 Å². The number of rotatable bonds is 5. The molecule has 0 N–H and O–H groups in total. The lowest BCUT2D eigenvalue weighted by Gasteiger charge is -2.24. The van der Waals surface area contributed by atoms with Crippen molar-refractivity contribution in [3.63, 3.8) is 0 Å². The van der Waals surface area contributed by atoms with Crippen molar-refractivity contribution in [2.75, 3.05) is 13.2 Å². The van der Waals surface area contributed by atoms with Crippen molar-refractivity contribution in [3.05, 3.63) is 42.5 Å². The van der Waals surface area contributed by atoms with Gasteiger partial charge in [0.25, 0.3) is 5.92 Å². The molecule has 1 amide bonds. The second kappa shape index (κ2) is 6.54. The second-order valence-corrected chi connectivity index (χ2v) is 5.88. The number of ether oxygens (including phenoxy) is 1. The van der Waals surface area contributed by atoms with Gasteiger partial charge in [0.15, 0.2) is 0 Å². The summed E-state index contributed by atoms with van der Waals surface area (Å²) in [7, 11) is 0. The van der Waals surface area contributed by atoms with E-state index >= 15 is 0 Å². The highest BCUT2D eigenvalue weighted by Crippen LogP contribution is 2.32. The van der Waals surface area contributed by atoms with Gasteiger partial charge in [0.05, 0.1) is 18.3 Å². The van der Waals surface area contributed by atoms with Crippen molar-refractivity contribution in [1.82, 2.24) is 19.7 Å². The van der Waals surface area contributed by atoms with E-state index in [-0.39, 0.29) is 13.2 Å². The number of pyridine rings is 1. The quantitative estimate of drug-likeness (QED) is 0.837. The van der Waals surface area contributed by atoms with Gasteiger partial charge < -0.3 is 9.64 Å². The van der Waals surface area contributed by atoms with Gasteiger partial charge in [0.2, 0.25) is 5.91 Å². The average molecular weight is 336 g/mol. The van der Waals surface area contributed by atoms with Crippen molar-refractivity contribution in [2.24, 2.45) is 0 Å². The molecule has 128 valence electrons. The molecule has 0 unspecified atom stereocenters. The number of amides is 1. The summed E-state index contributed by atoms with van der Waals surface area (Å²) in [5, 5.41) is 4.12. The predicted molar refractivity (Wildman–Crippen MR) is 81.8 cm³/mol. The predicted octanol–water partition coefficient (Wildman–Crippen LogP) is 1.90. The molecule has 0 aliphatic carbocycles. The molecule has 24 heavy (non-hydrogen) atoms. The van der Waals surface area contributed by atoms with Crippen LogP contribution in [0.5, 0.6) is 5.75 Å². The average Bonchev–Trinajstić information content (AvgIpc) is 3.08. The fourth-order valence-corrected chi connectivity index (χ4v) is 2.75. The molecule has 3 heterocycles. The Morgan fingerprint density at radius 1 is 1.38 bits per heavy atom. The molecule has 2 aromatic heterocycles. The Labute approximate surface area is 138 Å². The molecular formula is C16H18F2N4O2. The standard InChI is InChI=1S/C16H18F2N4O2/c1-12-4-7-21(20-12)9-15(23)22-11-16(17,18)8-13(22)10-24-14-2-5-19-6-3-14/h2-7,13H,8-11H2,1H3/t13-/m0/s1. The number of aromatic nitrogens is 3. The van der Waals surface area contributed by atoms with Crippen molar-refractivity contribution < 1.29 is 18.3 Å². The van der Waals surface area contributed by atoms with Gasteiger partial charge in [-0.15, -0.1) is 0 Å². The van der Waals surface area contributed by atoms with Gasteiger partial charge in [-0.1, -0.05) is 0 Å². The molecule has 0 radical (unpaired) electrons. The first-order chi connectivity index (χ1) is 11.4. The molecule has 6 nitrogen and oxygen atoms in total. The second-order valence-electron chi connectivity index (χ2n) is 5.88. The van der Waals surface area contributed by atoms with E-state index in [0.717, 1.165) is 5.69 Å². The molecule has 1 atom stereocenters. The summed E-state index contributed by atoms with van der Waals surface area (Å²) < 4.78 is 34.6. The molecule has 3 rings (SSSR count). The number of carbonyl (C=O) groups excluding carboxylic acids is 1. The minimum absolute atomic E-state index is 0.0173. The minimum atomic E-state index is -2.90. The Morgan fingerprint density at radius 3 is 2.79 bits per heavy atom. The van der Waals surface area contributed by atoms with Gasteiger partial charge in [0, 0.05) is 25.0 Å². The van der Waals surface area contributed by atoms with Crippen LogP contribution in [0.2, 0.25) is 0 Å². The third-order valence-corrected chi connectivity index (χ3v) is 3.86. The first-order valence-corrected chi connectivity index (χ1v) is 7.63. The number of carbonyl (C=O) groups is 1. The lowest BCUT2D eigenvalue weighted by Crippen LogP contribution is -2.41. The molecule has 8 heteroatoms. The van der Waals surface area contributed by atoms with Gasteiger partial charge in [0.1, 0.15) is 18.9 Å². The Morgan fingerprint density at radius 2 is 2.12 bits per heavy atom. The maximum absolute atomic E-state index is 13.8. The van der Waals surface area contributed by atoms with E-state index in [1.807, 2.05) is 0 Å². The van der Waals surface area contributed by atoms with Crippen LogP contribution in [0.25, 0.3) is 0 Å². The fourth-order valence-electron chi connectivity index (χ4n) is 2.75. The van der Waals surface area contributed by atoms with E-state index < -0.39 is 30.8 Å². The Bertz CT molecular complexity index is 705. The maximum Gasteiger partial charge on any atom is 0.267 e. The third-order valence-electron chi connectivity index (χ3n) is 3.86. The van der Waals surface area contributed by atoms with E-state index in [2.05, 4.69) is 10.1 Å². The number of hydrogen-bond donors (Lipinski definition) is 0. The van der Waals surface area contributed by atoms with Crippen LogP contribution in [0.4, 0.5) is 8.78 Å². The SMILES string of the molecule is Cc1ccn(CC(=O)N2CC(F)(F)C[C@H]2COc2ccncc2)n1. The monoisotopic (exact) mass is 336 g/mol. The summed E-state index contributed by atoms with van der Waals surface area (Å²) in [6.45, 7) is 1.17. The molecular weight excluding hydrogens is 318 g/mol. The van der Waals surface area contributed by atoms with Crippen LogP contribution < -0.4 is 4.74 Å². The zero-order chi connectivity index (χ0) is 17.2. The molecule has 1 aliphatic rings. The van der Waals surface area contributed by atoms with Crippen LogP contribution in [0.1, 0.15) is 12.1 Å². The zero-order valence-corrected chi connectivity index (χ0v) is 13.2. The van der Waals surface area contributed by atoms with E-state index in [1.165, 1.54) is 9.58 Å². The first kappa shape index (κ1) is 16.4. The van der Waals surface area contributed by atoms with Crippen LogP contribution in [-0.4, -0.2) is 50.7 Å². The number of likely N-dealkylation sites (tertiary alicyclic amines) is 1. The zero-order valence-electron chi connectivity index (χ0n) is 13.2. The largest absolute Gasteiger partial charge is 0.491 e. The van der Waals surface area contributed by atoms with Crippen LogP contribution in [0.15, 0.2) is 36.8 Å². The molecule has 0 saturated carbocycles. The van der Waals surface area contributed by atoms with E-state index in [1.54, 1.807) is 43.7 Å². The number of hydrogen-bond acceptors (Lipinski definition) is 4. The minimum Gasteiger partial charge on any atom is -0.491 e. The highest BCUT2D eigenvalue weighted by Gasteiger charge is 2.47. The number of halogens is 2. The summed E-state index contributed by atoms with van der Waals surface area (Å²) >= 11 is 0. The van der Waals surface area contributed by atoms with Crippen molar-refractivity contribution in [1.29, 1.82) is 0 Å². The molecule has 1 aliphatic heterocycles. The highest BCUT2D eigenvalue weighted by atomic mass is 19.3. The first-order valence-electron chi connectivity index (χ1n) is 7.63. The summed E-state index contributed by atoms with van der Waals surface area (Å²) in [4.78, 5) is 17.5. The van der Waals surface area contributed by atoms with Gasteiger partial charge >= 0.3 is 0 Å². The lowest BCUT2D eigenvalue weighted by molar-refractivity contribution is -0.134. The molecule has 1 fully saturated rings. The summed E-state index contributed by atoms with van der Waals surface area (Å²) in [5.41, 5.74) is 0.770. The summed E-state index contributed by atoms with van der Waals surface area (Å²) in [6.07, 6.45) is 4.37. The Hall–Kier alpha value is -2.51. The van der Waals surface area contributed by atoms with Crippen molar-refractivity contribution >= 4 is 5.91 Å². The highest BCUT2D eigenvalue weighted by molar-refractivity contribution is 5.76. The van der Waals surface area contributed by atoms with Crippen LogP contribution in [0.3, 0.4) is 0 Å². The normalized spacial score (nSPS) is 19.5. The Balaban J connectivity index is 1.65. The van der Waals surface area contributed by atoms with Gasteiger partial charge in [-0.25, -0.2) is 8.78 Å². The van der Waals surface area contributed by atoms with Crippen LogP contribution >= 0.6 is 0 Å². The smallest absolute Gasteiger partial charge is 0.267 e. The number of nitrogens with zero attached hydrogens (tertiary/aromatic N) is 4. The van der Waals surface area contributed by atoms with E-state index in [0.29, 0.717) is 5.75 Å². The van der Waals surface area contributed by atoms with E-state index in [4.69, 9.17) is 4.74 Å². The molecule has 0 spiro atoms. The maximum atomic E-state index is 13.8. The molecule has 2 aromatic rings. The van der Waals surface area contributed by atoms with Gasteiger partial charge in [-0.3, -0.25) is 14.5 Å². The van der Waals surface area contributed by atoms with E-state index in [9.17, 15) is 13.6 Å². The van der Waals surface area contributed by atoms with Crippen molar-refractivity contribution in [2.45, 2.75) is 31.9 Å². The van der Waals surface area contributed by atoms with Crippen LogP contribution in [-0.2, 0) is 11.3 Å². The molecule has 0 bridgehead atoms. The fraction of sp³-hybridized carbons (Fsp3) is 0.438. The molecule has 0 aromatic carbocycles. The number of alkyl halides is 2. The number of aryl methyl sites for hydroxylation is 1. The third kappa shape index (κ3) is 3.87. The summed E-state index contributed by atoms with van der Waals surface area (Å²) in [5.74, 6) is -2.75.